The molecule has 1 N–H and O–H groups in total. The van der Waals surface area contributed by atoms with E-state index in [1.165, 1.54) is 24.3 Å². The molecular weight excluding hydrogens is 394 g/mol. The van der Waals surface area contributed by atoms with Gasteiger partial charge in [0.2, 0.25) is 10.0 Å². The van der Waals surface area contributed by atoms with Crippen LogP contribution in [-0.4, -0.2) is 50.5 Å². The molecule has 27 heavy (non-hydrogen) atoms. The number of thiophene rings is 1. The van der Waals surface area contributed by atoms with E-state index in [1.807, 2.05) is 0 Å². The molecule has 0 atom stereocenters. The van der Waals surface area contributed by atoms with Crippen LogP contribution in [0.4, 0.5) is 10.7 Å². The van der Waals surface area contributed by atoms with Crippen molar-refractivity contribution in [3.8, 4) is 0 Å². The summed E-state index contributed by atoms with van der Waals surface area (Å²) in [6, 6.07) is 7.22. The third kappa shape index (κ3) is 4.62. The molecule has 0 bridgehead atoms. The molecule has 0 unspecified atom stereocenters. The minimum atomic E-state index is -3.94. The van der Waals surface area contributed by atoms with Crippen molar-refractivity contribution in [2.45, 2.75) is 5.75 Å². The first-order valence-corrected chi connectivity index (χ1v) is 10.6. The first-order valence-electron chi connectivity index (χ1n) is 8.05. The molecule has 1 aromatic heterocycles. The molecule has 0 aliphatic carbocycles. The summed E-state index contributed by atoms with van der Waals surface area (Å²) < 4.78 is 32.7. The van der Waals surface area contributed by atoms with E-state index in [4.69, 9.17) is 4.74 Å². The molecule has 1 fully saturated rings. The number of nitro benzene ring substituents is 1. The molecule has 1 aliphatic heterocycles. The van der Waals surface area contributed by atoms with Crippen molar-refractivity contribution < 1.29 is 22.9 Å². The lowest BCUT2D eigenvalue weighted by molar-refractivity contribution is -0.385. The van der Waals surface area contributed by atoms with Crippen molar-refractivity contribution in [1.29, 1.82) is 0 Å². The Morgan fingerprint density at radius 3 is 2.67 bits per heavy atom. The van der Waals surface area contributed by atoms with E-state index in [1.54, 1.807) is 16.3 Å². The van der Waals surface area contributed by atoms with Gasteiger partial charge < -0.3 is 9.64 Å². The average molecular weight is 411 g/mol. The first-order chi connectivity index (χ1) is 12.9. The molecule has 11 heteroatoms. The summed E-state index contributed by atoms with van der Waals surface area (Å²) in [5.74, 6) is -0.837. The first kappa shape index (κ1) is 19.3. The Bertz CT molecular complexity index is 951. The van der Waals surface area contributed by atoms with Gasteiger partial charge in [0.05, 0.1) is 23.7 Å². The molecule has 1 aromatic carbocycles. The molecule has 9 nitrogen and oxygen atoms in total. The van der Waals surface area contributed by atoms with E-state index in [0.29, 0.717) is 26.3 Å². The number of carbonyl (C=O) groups excluding carboxylic acids is 1. The van der Waals surface area contributed by atoms with E-state index >= 15 is 0 Å². The van der Waals surface area contributed by atoms with Gasteiger partial charge in [-0.05, 0) is 11.4 Å². The van der Waals surface area contributed by atoms with E-state index in [2.05, 4.69) is 4.72 Å². The van der Waals surface area contributed by atoms with Gasteiger partial charge in [0.15, 0.2) is 0 Å². The second-order valence-electron chi connectivity index (χ2n) is 5.81. The predicted molar refractivity (Wildman–Crippen MR) is 100 cm³/mol. The zero-order chi connectivity index (χ0) is 19.4. The van der Waals surface area contributed by atoms with Crippen LogP contribution in [0.3, 0.4) is 0 Å². The van der Waals surface area contributed by atoms with Crippen molar-refractivity contribution in [3.05, 3.63) is 57.0 Å². The summed E-state index contributed by atoms with van der Waals surface area (Å²) in [7, 11) is -3.94. The Kier molecular flexibility index (Phi) is 5.73. The summed E-state index contributed by atoms with van der Waals surface area (Å²) in [5, 5.41) is 12.9. The third-order valence-corrected chi connectivity index (χ3v) is 6.14. The molecule has 0 spiro atoms. The van der Waals surface area contributed by atoms with Crippen molar-refractivity contribution in [3.63, 3.8) is 0 Å². The second-order valence-corrected chi connectivity index (χ2v) is 8.45. The largest absolute Gasteiger partial charge is 0.378 e. The van der Waals surface area contributed by atoms with E-state index in [9.17, 15) is 23.3 Å². The summed E-state index contributed by atoms with van der Waals surface area (Å²) >= 11 is 1.09. The summed E-state index contributed by atoms with van der Waals surface area (Å²) in [5.41, 5.74) is 0.0688. The minimum absolute atomic E-state index is 0.0765. The van der Waals surface area contributed by atoms with Crippen LogP contribution < -0.4 is 4.72 Å². The maximum absolute atomic E-state index is 12.6. The number of nitrogens with one attached hydrogen (secondary N) is 1. The Hall–Kier alpha value is -2.50. The quantitative estimate of drug-likeness (QED) is 0.574. The highest BCUT2D eigenvalue weighted by molar-refractivity contribution is 7.92. The maximum atomic E-state index is 12.6. The highest BCUT2D eigenvalue weighted by Gasteiger charge is 2.25. The summed E-state index contributed by atoms with van der Waals surface area (Å²) in [6.07, 6.45) is 0. The number of morpholine rings is 1. The molecule has 2 heterocycles. The number of hydrogen-bond donors (Lipinski definition) is 1. The smallest absolute Gasteiger partial charge is 0.273 e. The molecule has 144 valence electrons. The van der Waals surface area contributed by atoms with Gasteiger partial charge in [-0.25, -0.2) is 8.42 Å². The van der Waals surface area contributed by atoms with E-state index in [-0.39, 0.29) is 27.7 Å². The highest BCUT2D eigenvalue weighted by Crippen LogP contribution is 2.28. The van der Waals surface area contributed by atoms with Crippen LogP contribution in [0.1, 0.15) is 15.9 Å². The fourth-order valence-electron chi connectivity index (χ4n) is 2.69. The maximum Gasteiger partial charge on any atom is 0.273 e. The number of rotatable bonds is 6. The number of sulfonamides is 1. The number of benzene rings is 1. The van der Waals surface area contributed by atoms with E-state index in [0.717, 1.165) is 11.3 Å². The van der Waals surface area contributed by atoms with Crippen LogP contribution in [-0.2, 0) is 20.5 Å². The zero-order valence-electron chi connectivity index (χ0n) is 14.2. The van der Waals surface area contributed by atoms with Gasteiger partial charge in [0.25, 0.3) is 11.6 Å². The van der Waals surface area contributed by atoms with Gasteiger partial charge in [0.1, 0.15) is 10.8 Å². The van der Waals surface area contributed by atoms with Gasteiger partial charge in [-0.15, -0.1) is 11.3 Å². The van der Waals surface area contributed by atoms with Crippen LogP contribution in [0.25, 0.3) is 0 Å². The van der Waals surface area contributed by atoms with Crippen LogP contribution in [0, 0.1) is 10.1 Å². The van der Waals surface area contributed by atoms with Gasteiger partial charge in [0, 0.05) is 24.7 Å². The molecule has 0 radical (unpaired) electrons. The number of ether oxygens (including phenoxy) is 1. The fourth-order valence-corrected chi connectivity index (χ4v) is 5.00. The highest BCUT2D eigenvalue weighted by atomic mass is 32.2. The number of carbonyl (C=O) groups is 1. The van der Waals surface area contributed by atoms with Gasteiger partial charge in [-0.1, -0.05) is 18.2 Å². The Balaban J connectivity index is 1.78. The van der Waals surface area contributed by atoms with Gasteiger partial charge in [-0.3, -0.25) is 19.6 Å². The number of hydrogen-bond acceptors (Lipinski definition) is 7. The Morgan fingerprint density at radius 2 is 1.96 bits per heavy atom. The topological polar surface area (TPSA) is 119 Å². The standard InChI is InChI=1S/C16H17N3O6S2/c20-16(18-6-8-25-9-7-18)13-5-10-26-15(13)17-27(23,24)11-12-3-1-2-4-14(12)19(21)22/h1-5,10,17H,6-9,11H2. The van der Waals surface area contributed by atoms with Crippen molar-refractivity contribution >= 4 is 38.0 Å². The number of amides is 1. The van der Waals surface area contributed by atoms with Crippen LogP contribution in [0.15, 0.2) is 35.7 Å². The number of para-hydroxylation sites is 1. The molecule has 3 rings (SSSR count). The average Bonchev–Trinajstić information content (AvgIpc) is 3.09. The normalized spacial score (nSPS) is 14.7. The molecule has 1 amide bonds. The SMILES string of the molecule is O=C(c1ccsc1NS(=O)(=O)Cc1ccccc1[N+](=O)[O-])N1CCOCC1. The van der Waals surface area contributed by atoms with Gasteiger partial charge >= 0.3 is 0 Å². The van der Waals surface area contributed by atoms with Crippen LogP contribution in [0.2, 0.25) is 0 Å². The minimum Gasteiger partial charge on any atom is -0.378 e. The number of nitro groups is 1. The van der Waals surface area contributed by atoms with Crippen molar-refractivity contribution in [2.75, 3.05) is 31.0 Å². The van der Waals surface area contributed by atoms with Gasteiger partial charge in [-0.2, -0.15) is 0 Å². The molecule has 1 aliphatic rings. The van der Waals surface area contributed by atoms with E-state index < -0.39 is 20.7 Å². The molecule has 2 aromatic rings. The fraction of sp³-hybridized carbons (Fsp3) is 0.312. The number of nitrogens with zero attached hydrogens (tertiary/aromatic N) is 2. The van der Waals surface area contributed by atoms with Crippen molar-refractivity contribution in [1.82, 2.24) is 4.90 Å². The lowest BCUT2D eigenvalue weighted by Crippen LogP contribution is -2.40. The Labute approximate surface area is 159 Å². The molecule has 1 saturated heterocycles. The van der Waals surface area contributed by atoms with Crippen LogP contribution >= 0.6 is 11.3 Å². The van der Waals surface area contributed by atoms with Crippen LogP contribution in [0.5, 0.6) is 0 Å². The molecular formula is C16H17N3O6S2. The number of anilines is 1. The zero-order valence-corrected chi connectivity index (χ0v) is 15.8. The second kappa shape index (κ2) is 8.03. The Morgan fingerprint density at radius 1 is 1.26 bits per heavy atom. The third-order valence-electron chi connectivity index (χ3n) is 3.98. The van der Waals surface area contributed by atoms with Crippen molar-refractivity contribution in [2.24, 2.45) is 0 Å². The lowest BCUT2D eigenvalue weighted by atomic mass is 10.2. The molecule has 0 saturated carbocycles. The lowest BCUT2D eigenvalue weighted by Gasteiger charge is -2.26. The predicted octanol–water partition coefficient (Wildman–Crippen LogP) is 2.07. The summed E-state index contributed by atoms with van der Waals surface area (Å²) in [6.45, 7) is 1.76. The summed E-state index contributed by atoms with van der Waals surface area (Å²) in [4.78, 5) is 24.7. The monoisotopic (exact) mass is 411 g/mol.